The number of hydrogen-bond donors (Lipinski definition) is 6. The van der Waals surface area contributed by atoms with Gasteiger partial charge in [-0.25, -0.2) is 0 Å². The van der Waals surface area contributed by atoms with Gasteiger partial charge < -0.3 is 36.7 Å². The van der Waals surface area contributed by atoms with Crippen molar-refractivity contribution in [2.45, 2.75) is 6.92 Å². The van der Waals surface area contributed by atoms with Gasteiger partial charge in [0.1, 0.15) is 0 Å². The Bertz CT molecular complexity index is 569. The molecule has 260 valence electrons. The zero-order chi connectivity index (χ0) is 30.1. The number of hydrogen-bond acceptors (Lipinski definition) is 11. The molecule has 0 aromatic rings. The standard InChI is InChI=1S/C7H15ClN2.C7H18N4S.C7H16N2S.C2H6O.CH4N2S.2ClH.Na.H2O/c1-9-4-6-10(3-2-8)7-5-9;1-10-2-4-11(5-3-10)6-7-12(8)9;1-8-2-4-9(5-3-8)6-7-10;1-2-3;2-1(3)4;;;;/h2-7H2,1H3;2-7H2,1H3,(H3,8,9);10H,2-7H2,1H3;3H,2H2,1H3;(H4,2,3,4);2*1H;;1H2/q;;;;;;;+1;/p-1. The van der Waals surface area contributed by atoms with Gasteiger partial charge in [0.25, 0.3) is 0 Å². The number of thiocarbonyl (C=S) groups is 1. The van der Waals surface area contributed by atoms with Gasteiger partial charge in [-0.1, -0.05) is 0 Å². The van der Waals surface area contributed by atoms with E-state index >= 15 is 0 Å². The van der Waals surface area contributed by atoms with Gasteiger partial charge in [-0.3, -0.25) is 24.6 Å². The van der Waals surface area contributed by atoms with E-state index in [1.807, 2.05) is 0 Å². The first-order valence-corrected chi connectivity index (χ1v) is 16.7. The quantitative estimate of drug-likeness (QED) is 0.0676. The van der Waals surface area contributed by atoms with Crippen LogP contribution in [0.5, 0.6) is 0 Å². The van der Waals surface area contributed by atoms with Crippen LogP contribution in [0.25, 0.3) is 0 Å². The summed E-state index contributed by atoms with van der Waals surface area (Å²) in [6, 6.07) is 0. The molecule has 12 nitrogen and oxygen atoms in total. The SMILES string of the molecule is CCO.CN1CCN(CCCl)CC1.CN1CCN(CCS(=N)N)CC1.CN1CCN(CCS)CC1.Cl.Cl.NC(N)=S.[Na+].[OH-]. The maximum absolute atomic E-state index is 7.57. The molecule has 43 heavy (non-hydrogen) atoms. The van der Waals surface area contributed by atoms with Gasteiger partial charge in [-0.05, 0) is 51.2 Å². The normalized spacial score (nSPS) is 18.6. The summed E-state index contributed by atoms with van der Waals surface area (Å²) in [6.07, 6.45) is 0. The third-order valence-corrected chi connectivity index (χ3v) is 7.22. The van der Waals surface area contributed by atoms with Crippen LogP contribution in [0.3, 0.4) is 0 Å². The number of nitrogens with two attached hydrogens (primary N) is 3. The fourth-order valence-corrected chi connectivity index (χ4v) is 4.68. The molecule has 0 aromatic heterocycles. The molecule has 19 heteroatoms. The van der Waals surface area contributed by atoms with Crippen molar-refractivity contribution in [1.29, 1.82) is 4.78 Å². The van der Waals surface area contributed by atoms with Crippen LogP contribution in [0.1, 0.15) is 6.92 Å². The second-order valence-corrected chi connectivity index (χ2v) is 12.3. The maximum Gasteiger partial charge on any atom is 1.00 e. The molecule has 1 unspecified atom stereocenters. The van der Waals surface area contributed by atoms with E-state index in [1.54, 1.807) is 6.92 Å². The van der Waals surface area contributed by atoms with E-state index < -0.39 is 10.9 Å². The topological polar surface area (TPSA) is 172 Å². The van der Waals surface area contributed by atoms with Crippen LogP contribution < -0.4 is 46.2 Å². The molecule has 0 spiro atoms. The van der Waals surface area contributed by atoms with Gasteiger partial charge >= 0.3 is 29.6 Å². The fraction of sp³-hybridized carbons (Fsp3) is 0.958. The summed E-state index contributed by atoms with van der Waals surface area (Å²) in [6.45, 7) is 19.3. The van der Waals surface area contributed by atoms with E-state index in [0.29, 0.717) is 0 Å². The van der Waals surface area contributed by atoms with Gasteiger partial charge in [0.15, 0.2) is 5.11 Å². The van der Waals surface area contributed by atoms with Crippen molar-refractivity contribution in [3.05, 3.63) is 0 Å². The summed E-state index contributed by atoms with van der Waals surface area (Å²) in [7, 11) is 5.86. The third kappa shape index (κ3) is 41.7. The van der Waals surface area contributed by atoms with Crippen LogP contribution in [0.2, 0.25) is 0 Å². The third-order valence-electron chi connectivity index (χ3n) is 6.23. The van der Waals surface area contributed by atoms with Crippen molar-refractivity contribution in [3.63, 3.8) is 0 Å². The van der Waals surface area contributed by atoms with Gasteiger partial charge in [-0.15, -0.1) is 36.4 Å². The molecule has 0 aromatic carbocycles. The van der Waals surface area contributed by atoms with Crippen molar-refractivity contribution in [3.8, 4) is 0 Å². The van der Waals surface area contributed by atoms with E-state index in [-0.39, 0.29) is 71.6 Å². The first-order chi connectivity index (χ1) is 18.5. The first kappa shape index (κ1) is 57.0. The van der Waals surface area contributed by atoms with E-state index in [2.05, 4.69) is 86.9 Å². The van der Waals surface area contributed by atoms with Crippen LogP contribution in [0, 0.1) is 4.78 Å². The van der Waals surface area contributed by atoms with Crippen LogP contribution in [0.4, 0.5) is 0 Å². The Kier molecular flexibility index (Phi) is 52.9. The number of alkyl halides is 1. The zero-order valence-corrected chi connectivity index (χ0v) is 34.1. The number of rotatable bonds is 7. The second kappa shape index (κ2) is 39.9. The fourth-order valence-electron chi connectivity index (χ4n) is 3.70. The molecule has 3 heterocycles. The Morgan fingerprint density at radius 1 is 0.791 bits per heavy atom. The Morgan fingerprint density at radius 2 is 1.05 bits per heavy atom. The molecule has 3 saturated heterocycles. The van der Waals surface area contributed by atoms with Crippen LogP contribution >= 0.6 is 61.3 Å². The minimum Gasteiger partial charge on any atom is -0.870 e. The molecular formula is C24H62Cl3N10NaO2S3. The number of nitrogens with one attached hydrogen (secondary N) is 1. The minimum absolute atomic E-state index is 0. The summed E-state index contributed by atoms with van der Waals surface area (Å²) in [5.41, 5.74) is 9.24. The first-order valence-electron chi connectivity index (χ1n) is 13.7. The van der Waals surface area contributed by atoms with Gasteiger partial charge in [-0.2, -0.15) is 12.6 Å². The molecule has 9 N–H and O–H groups in total. The van der Waals surface area contributed by atoms with Crippen molar-refractivity contribution >= 4 is 77.3 Å². The number of halogens is 3. The minimum atomic E-state index is -0.631. The maximum atomic E-state index is 7.57. The summed E-state index contributed by atoms with van der Waals surface area (Å²) < 4.78 is 7.20. The van der Waals surface area contributed by atoms with E-state index in [4.69, 9.17) is 26.6 Å². The number of aliphatic hydroxyl groups is 1. The number of piperazine rings is 3. The Labute approximate surface area is 315 Å². The molecule has 3 aliphatic rings. The van der Waals surface area contributed by atoms with E-state index in [1.165, 1.54) is 52.4 Å². The molecule has 1 atom stereocenters. The molecule has 3 rings (SSSR count). The average molecular weight is 748 g/mol. The predicted molar refractivity (Wildman–Crippen MR) is 196 cm³/mol. The van der Waals surface area contributed by atoms with Crippen LogP contribution in [-0.4, -0.2) is 188 Å². The zero-order valence-electron chi connectivity index (χ0n) is 27.2. The summed E-state index contributed by atoms with van der Waals surface area (Å²) in [4.78, 5) is 14.3. The second-order valence-electron chi connectivity index (χ2n) is 9.70. The Hall–Kier alpha value is 1.70. The van der Waals surface area contributed by atoms with E-state index in [9.17, 15) is 0 Å². The molecule has 0 amide bonds. The molecular weight excluding hydrogens is 686 g/mol. The molecule has 3 aliphatic heterocycles. The van der Waals surface area contributed by atoms with Crippen molar-refractivity contribution in [1.82, 2.24) is 29.4 Å². The summed E-state index contributed by atoms with van der Waals surface area (Å²) >= 11 is 13.9. The monoisotopic (exact) mass is 746 g/mol. The molecule has 0 radical (unpaired) electrons. The van der Waals surface area contributed by atoms with Crippen molar-refractivity contribution in [2.24, 2.45) is 16.6 Å². The van der Waals surface area contributed by atoms with Crippen LogP contribution in [0.15, 0.2) is 0 Å². The van der Waals surface area contributed by atoms with Gasteiger partial charge in [0.2, 0.25) is 0 Å². The van der Waals surface area contributed by atoms with Gasteiger partial charge in [0, 0.05) is 122 Å². The summed E-state index contributed by atoms with van der Waals surface area (Å²) in [5, 5.41) is 13.0. The predicted octanol–water partition coefficient (Wildman–Crippen LogP) is -3.02. The Morgan fingerprint density at radius 3 is 1.28 bits per heavy atom. The molecule has 3 fully saturated rings. The molecule has 0 aliphatic carbocycles. The van der Waals surface area contributed by atoms with Crippen LogP contribution in [-0.2, 0) is 10.9 Å². The number of aliphatic hydroxyl groups excluding tert-OH is 1. The average Bonchev–Trinajstić information content (AvgIpc) is 2.88. The summed E-state index contributed by atoms with van der Waals surface area (Å²) in [5.74, 6) is 2.58. The molecule has 0 saturated carbocycles. The Balaban J connectivity index is -0.000000104. The van der Waals surface area contributed by atoms with Gasteiger partial charge in [0.05, 0.1) is 0 Å². The number of thiol groups is 1. The smallest absolute Gasteiger partial charge is 0.870 e. The van der Waals surface area contributed by atoms with Crippen molar-refractivity contribution < 1.29 is 40.1 Å². The van der Waals surface area contributed by atoms with Crippen molar-refractivity contribution in [2.75, 3.05) is 143 Å². The number of likely N-dealkylation sites (N-methyl/N-ethyl adjacent to an activating group) is 3. The largest absolute Gasteiger partial charge is 1.00 e. The molecule has 0 bridgehead atoms. The number of nitrogens with zero attached hydrogens (tertiary/aromatic N) is 6. The van der Waals surface area contributed by atoms with E-state index in [0.717, 1.165) is 63.2 Å².